The molecule has 2 aromatic rings. The van der Waals surface area contributed by atoms with E-state index in [9.17, 15) is 13.6 Å². The van der Waals surface area contributed by atoms with Crippen molar-refractivity contribution in [2.24, 2.45) is 0 Å². The standard InChI is InChI=1S/C15H13F2NO/c1-10-6-7-11(8-14(10)17)9-18-15(19)12-4-2-3-5-13(12)16/h2-8H,9H2,1H3,(H,18,19). The van der Waals surface area contributed by atoms with Gasteiger partial charge in [0.25, 0.3) is 5.91 Å². The van der Waals surface area contributed by atoms with Gasteiger partial charge in [-0.3, -0.25) is 4.79 Å². The molecule has 1 N–H and O–H groups in total. The SMILES string of the molecule is Cc1ccc(CNC(=O)c2ccccc2F)cc1F. The normalized spacial score (nSPS) is 10.3. The van der Waals surface area contributed by atoms with Crippen LogP contribution in [0, 0.1) is 18.6 Å². The van der Waals surface area contributed by atoms with Crippen molar-refractivity contribution in [3.05, 3.63) is 70.8 Å². The molecule has 0 fully saturated rings. The van der Waals surface area contributed by atoms with E-state index in [0.717, 1.165) is 0 Å². The summed E-state index contributed by atoms with van der Waals surface area (Å²) >= 11 is 0. The van der Waals surface area contributed by atoms with Crippen molar-refractivity contribution in [1.82, 2.24) is 5.32 Å². The van der Waals surface area contributed by atoms with Crippen LogP contribution in [0.25, 0.3) is 0 Å². The number of benzene rings is 2. The van der Waals surface area contributed by atoms with Crippen LogP contribution in [0.2, 0.25) is 0 Å². The van der Waals surface area contributed by atoms with Gasteiger partial charge in [-0.25, -0.2) is 8.78 Å². The number of carbonyl (C=O) groups is 1. The van der Waals surface area contributed by atoms with E-state index in [-0.39, 0.29) is 17.9 Å². The van der Waals surface area contributed by atoms with Gasteiger partial charge in [0.15, 0.2) is 0 Å². The molecular weight excluding hydrogens is 248 g/mol. The maximum Gasteiger partial charge on any atom is 0.254 e. The van der Waals surface area contributed by atoms with Crippen LogP contribution in [-0.4, -0.2) is 5.91 Å². The van der Waals surface area contributed by atoms with E-state index in [0.29, 0.717) is 11.1 Å². The fourth-order valence-electron chi connectivity index (χ4n) is 1.67. The molecule has 0 radical (unpaired) electrons. The molecule has 0 bridgehead atoms. The van der Waals surface area contributed by atoms with Crippen molar-refractivity contribution < 1.29 is 13.6 Å². The zero-order chi connectivity index (χ0) is 13.8. The highest BCUT2D eigenvalue weighted by Gasteiger charge is 2.10. The maximum absolute atomic E-state index is 13.4. The van der Waals surface area contributed by atoms with Crippen molar-refractivity contribution in [3.8, 4) is 0 Å². The molecule has 0 atom stereocenters. The van der Waals surface area contributed by atoms with Gasteiger partial charge < -0.3 is 5.32 Å². The Bertz CT molecular complexity index is 611. The number of rotatable bonds is 3. The third-order valence-electron chi connectivity index (χ3n) is 2.81. The van der Waals surface area contributed by atoms with Crippen molar-refractivity contribution in [3.63, 3.8) is 0 Å². The summed E-state index contributed by atoms with van der Waals surface area (Å²) in [5, 5.41) is 2.56. The highest BCUT2D eigenvalue weighted by Crippen LogP contribution is 2.10. The lowest BCUT2D eigenvalue weighted by Gasteiger charge is -2.07. The third-order valence-corrected chi connectivity index (χ3v) is 2.81. The number of nitrogens with one attached hydrogen (secondary N) is 1. The van der Waals surface area contributed by atoms with Gasteiger partial charge in [0, 0.05) is 6.54 Å². The van der Waals surface area contributed by atoms with Gasteiger partial charge in [0.2, 0.25) is 0 Å². The number of aryl methyl sites for hydroxylation is 1. The molecule has 0 aliphatic carbocycles. The van der Waals surface area contributed by atoms with Crippen molar-refractivity contribution >= 4 is 5.91 Å². The molecule has 0 saturated carbocycles. The first-order chi connectivity index (χ1) is 9.08. The number of carbonyl (C=O) groups excluding carboxylic acids is 1. The summed E-state index contributed by atoms with van der Waals surface area (Å²) < 4.78 is 26.7. The van der Waals surface area contributed by atoms with Crippen molar-refractivity contribution in [2.75, 3.05) is 0 Å². The topological polar surface area (TPSA) is 29.1 Å². The molecule has 0 saturated heterocycles. The minimum absolute atomic E-state index is 0.0184. The van der Waals surface area contributed by atoms with Crippen LogP contribution < -0.4 is 5.32 Å². The van der Waals surface area contributed by atoms with E-state index in [1.165, 1.54) is 24.3 Å². The lowest BCUT2D eigenvalue weighted by molar-refractivity contribution is 0.0947. The molecule has 19 heavy (non-hydrogen) atoms. The molecule has 0 aromatic heterocycles. The molecule has 4 heteroatoms. The molecule has 2 nitrogen and oxygen atoms in total. The summed E-state index contributed by atoms with van der Waals surface area (Å²) in [7, 11) is 0. The van der Waals surface area contributed by atoms with Gasteiger partial charge in [-0.05, 0) is 36.2 Å². The molecule has 0 unspecified atom stereocenters. The summed E-state index contributed by atoms with van der Waals surface area (Å²) in [6, 6.07) is 10.4. The van der Waals surface area contributed by atoms with Crippen LogP contribution >= 0.6 is 0 Å². The molecule has 0 spiro atoms. The fourth-order valence-corrected chi connectivity index (χ4v) is 1.67. The third kappa shape index (κ3) is 3.16. The highest BCUT2D eigenvalue weighted by molar-refractivity contribution is 5.94. The molecule has 98 valence electrons. The first kappa shape index (κ1) is 13.2. The lowest BCUT2D eigenvalue weighted by atomic mass is 10.1. The van der Waals surface area contributed by atoms with Gasteiger partial charge in [0.1, 0.15) is 11.6 Å². The van der Waals surface area contributed by atoms with Crippen LogP contribution in [0.1, 0.15) is 21.5 Å². The van der Waals surface area contributed by atoms with Gasteiger partial charge in [-0.15, -0.1) is 0 Å². The van der Waals surface area contributed by atoms with E-state index in [1.54, 1.807) is 25.1 Å². The first-order valence-corrected chi connectivity index (χ1v) is 5.85. The molecule has 1 amide bonds. The molecule has 0 heterocycles. The van der Waals surface area contributed by atoms with E-state index in [2.05, 4.69) is 5.32 Å². The quantitative estimate of drug-likeness (QED) is 0.903. The first-order valence-electron chi connectivity index (χ1n) is 5.85. The summed E-state index contributed by atoms with van der Waals surface area (Å²) in [6.07, 6.45) is 0. The predicted molar refractivity (Wildman–Crippen MR) is 68.7 cm³/mol. The number of halogens is 2. The molecule has 2 rings (SSSR count). The Balaban J connectivity index is 2.04. The second kappa shape index (κ2) is 5.61. The Morgan fingerprint density at radius 2 is 1.84 bits per heavy atom. The molecular formula is C15H13F2NO. The van der Waals surface area contributed by atoms with E-state index >= 15 is 0 Å². The van der Waals surface area contributed by atoms with E-state index in [1.807, 2.05) is 0 Å². The summed E-state index contributed by atoms with van der Waals surface area (Å²) in [6.45, 7) is 1.82. The summed E-state index contributed by atoms with van der Waals surface area (Å²) in [4.78, 5) is 11.7. The predicted octanol–water partition coefficient (Wildman–Crippen LogP) is 3.20. The number of hydrogen-bond donors (Lipinski definition) is 1. The molecule has 0 aliphatic rings. The monoisotopic (exact) mass is 261 g/mol. The largest absolute Gasteiger partial charge is 0.348 e. The molecule has 2 aromatic carbocycles. The maximum atomic E-state index is 13.4. The van der Waals surface area contributed by atoms with E-state index in [4.69, 9.17) is 0 Å². The minimum atomic E-state index is -0.574. The Morgan fingerprint density at radius 1 is 1.11 bits per heavy atom. The average Bonchev–Trinajstić information content (AvgIpc) is 2.40. The number of amides is 1. The van der Waals surface area contributed by atoms with Crippen molar-refractivity contribution in [1.29, 1.82) is 0 Å². The smallest absolute Gasteiger partial charge is 0.254 e. The Hall–Kier alpha value is -2.23. The highest BCUT2D eigenvalue weighted by atomic mass is 19.1. The van der Waals surface area contributed by atoms with Crippen molar-refractivity contribution in [2.45, 2.75) is 13.5 Å². The minimum Gasteiger partial charge on any atom is -0.348 e. The lowest BCUT2D eigenvalue weighted by Crippen LogP contribution is -2.23. The van der Waals surface area contributed by atoms with Crippen LogP contribution in [0.15, 0.2) is 42.5 Å². The fraction of sp³-hybridized carbons (Fsp3) is 0.133. The van der Waals surface area contributed by atoms with E-state index < -0.39 is 11.7 Å². The summed E-state index contributed by atoms with van der Waals surface area (Å²) in [5.41, 5.74) is 1.16. The zero-order valence-electron chi connectivity index (χ0n) is 10.4. The van der Waals surface area contributed by atoms with Crippen LogP contribution in [0.3, 0.4) is 0 Å². The zero-order valence-corrected chi connectivity index (χ0v) is 10.4. The van der Waals surface area contributed by atoms with Crippen LogP contribution in [-0.2, 0) is 6.54 Å². The second-order valence-corrected chi connectivity index (χ2v) is 4.25. The van der Waals surface area contributed by atoms with Gasteiger partial charge >= 0.3 is 0 Å². The second-order valence-electron chi connectivity index (χ2n) is 4.25. The van der Waals surface area contributed by atoms with Gasteiger partial charge in [-0.1, -0.05) is 24.3 Å². The number of hydrogen-bond acceptors (Lipinski definition) is 1. The van der Waals surface area contributed by atoms with Gasteiger partial charge in [-0.2, -0.15) is 0 Å². The van der Waals surface area contributed by atoms with Crippen LogP contribution in [0.5, 0.6) is 0 Å². The average molecular weight is 261 g/mol. The Kier molecular flexibility index (Phi) is 3.90. The van der Waals surface area contributed by atoms with Crippen LogP contribution in [0.4, 0.5) is 8.78 Å². The molecule has 0 aliphatic heterocycles. The van der Waals surface area contributed by atoms with Gasteiger partial charge in [0.05, 0.1) is 5.56 Å². The Labute approximate surface area is 110 Å². The summed E-state index contributed by atoms with van der Waals surface area (Å²) in [5.74, 6) is -1.41. The Morgan fingerprint density at radius 3 is 2.53 bits per heavy atom.